The van der Waals surface area contributed by atoms with Crippen LogP contribution in [0.3, 0.4) is 0 Å². The van der Waals surface area contributed by atoms with Crippen molar-refractivity contribution in [3.63, 3.8) is 0 Å². The molecule has 11 heteroatoms. The molecule has 0 aliphatic carbocycles. The van der Waals surface area contributed by atoms with Gasteiger partial charge in [-0.3, -0.25) is 9.48 Å². The van der Waals surface area contributed by atoms with Crippen molar-refractivity contribution in [1.82, 2.24) is 14.7 Å². The van der Waals surface area contributed by atoms with Gasteiger partial charge in [-0.05, 0) is 35.8 Å². The van der Waals surface area contributed by atoms with Gasteiger partial charge in [-0.1, -0.05) is 51.7 Å². The summed E-state index contributed by atoms with van der Waals surface area (Å²) >= 11 is 7.82. The van der Waals surface area contributed by atoms with Crippen molar-refractivity contribution in [2.45, 2.75) is 30.3 Å². The van der Waals surface area contributed by atoms with E-state index in [0.29, 0.717) is 23.0 Å². The summed E-state index contributed by atoms with van der Waals surface area (Å²) in [7, 11) is 5.38. The highest BCUT2D eigenvalue weighted by atomic mass is 35.5. The third kappa shape index (κ3) is 4.69. The summed E-state index contributed by atoms with van der Waals surface area (Å²) in [5.41, 5.74) is 2.28. The SMILES string of the molecule is BC(B)(O)n1cc(-c2ccccc2[C@@H]2CN(C(=O)C=C)Cc3sc(Cl)cc32)c(C(C)(F)P)n1. The normalized spacial score (nSPS) is 18.0. The van der Waals surface area contributed by atoms with Gasteiger partial charge in [0.15, 0.2) is 21.1 Å². The lowest BCUT2D eigenvalue weighted by atomic mass is 9.73. The number of aliphatic hydroxyl groups is 1. The summed E-state index contributed by atoms with van der Waals surface area (Å²) in [6.45, 7) is 5.98. The van der Waals surface area contributed by atoms with E-state index < -0.39 is 10.9 Å². The Balaban J connectivity index is 1.91. The lowest BCUT2D eigenvalue weighted by Gasteiger charge is -2.33. The van der Waals surface area contributed by atoms with Crippen LogP contribution >= 0.6 is 32.2 Å². The summed E-state index contributed by atoms with van der Waals surface area (Å²) in [5, 5.41) is 13.1. The number of fused-ring (bicyclic) bond motifs is 1. The highest BCUT2D eigenvalue weighted by molar-refractivity contribution is 7.18. The molecule has 1 N–H and O–H groups in total. The van der Waals surface area contributed by atoms with E-state index >= 15 is 4.39 Å². The van der Waals surface area contributed by atoms with Gasteiger partial charge in [0.25, 0.3) is 0 Å². The fraction of sp³-hybridized carbons (Fsp3) is 0.273. The molecule has 33 heavy (non-hydrogen) atoms. The number of hydrogen-bond donors (Lipinski definition) is 1. The van der Waals surface area contributed by atoms with Gasteiger partial charge in [-0.25, -0.2) is 4.39 Å². The van der Waals surface area contributed by atoms with E-state index in [2.05, 4.69) is 20.9 Å². The number of aromatic nitrogens is 2. The smallest absolute Gasteiger partial charge is 0.246 e. The van der Waals surface area contributed by atoms with Crippen LogP contribution < -0.4 is 0 Å². The molecule has 0 saturated heterocycles. The molecule has 1 aliphatic heterocycles. The molecule has 1 amide bonds. The number of amides is 1. The van der Waals surface area contributed by atoms with Gasteiger partial charge in [-0.2, -0.15) is 5.10 Å². The molecular formula is C22H24B2ClFN3O2PS. The van der Waals surface area contributed by atoms with E-state index in [-0.39, 0.29) is 17.5 Å². The van der Waals surface area contributed by atoms with Gasteiger partial charge < -0.3 is 10.0 Å². The Labute approximate surface area is 205 Å². The van der Waals surface area contributed by atoms with Gasteiger partial charge in [0, 0.05) is 29.1 Å². The monoisotopic (exact) mass is 501 g/mol. The van der Waals surface area contributed by atoms with Crippen molar-refractivity contribution < 1.29 is 14.3 Å². The highest BCUT2D eigenvalue weighted by Crippen LogP contribution is 2.45. The maximum Gasteiger partial charge on any atom is 0.246 e. The van der Waals surface area contributed by atoms with Crippen molar-refractivity contribution in [2.75, 3.05) is 6.54 Å². The minimum absolute atomic E-state index is 0.149. The average molecular weight is 502 g/mol. The Morgan fingerprint density at radius 1 is 1.39 bits per heavy atom. The first-order valence-corrected chi connectivity index (χ1v) is 12.3. The van der Waals surface area contributed by atoms with Crippen LogP contribution in [-0.4, -0.2) is 47.9 Å². The molecule has 4 rings (SSSR count). The van der Waals surface area contributed by atoms with E-state index in [4.69, 9.17) is 11.6 Å². The molecule has 0 radical (unpaired) electrons. The Hall–Kier alpha value is -1.92. The fourth-order valence-electron chi connectivity index (χ4n) is 4.21. The first-order valence-electron chi connectivity index (χ1n) is 10.5. The molecule has 0 fully saturated rings. The third-order valence-electron chi connectivity index (χ3n) is 5.78. The number of carbonyl (C=O) groups excluding carboxylic acids is 1. The molecule has 3 aromatic rings. The number of nitrogens with zero attached hydrogens (tertiary/aromatic N) is 3. The first-order chi connectivity index (χ1) is 15.4. The van der Waals surface area contributed by atoms with E-state index in [9.17, 15) is 9.90 Å². The number of hydrogen-bond acceptors (Lipinski definition) is 4. The van der Waals surface area contributed by atoms with Crippen LogP contribution in [0, 0.1) is 0 Å². The molecule has 0 spiro atoms. The number of rotatable bonds is 5. The van der Waals surface area contributed by atoms with Crippen molar-refractivity contribution >= 4 is 53.8 Å². The Morgan fingerprint density at radius 3 is 2.73 bits per heavy atom. The van der Waals surface area contributed by atoms with Gasteiger partial charge in [-0.15, -0.1) is 11.3 Å². The van der Waals surface area contributed by atoms with Gasteiger partial charge in [0.2, 0.25) is 5.91 Å². The van der Waals surface area contributed by atoms with E-state index in [1.165, 1.54) is 29.0 Å². The number of benzene rings is 1. The van der Waals surface area contributed by atoms with Crippen LogP contribution in [0.5, 0.6) is 0 Å². The number of thiophene rings is 1. The second kappa shape index (κ2) is 8.70. The second-order valence-electron chi connectivity index (χ2n) is 8.90. The molecule has 3 heterocycles. The molecule has 2 aromatic heterocycles. The Morgan fingerprint density at radius 2 is 2.09 bits per heavy atom. The molecule has 170 valence electrons. The van der Waals surface area contributed by atoms with Crippen LogP contribution in [-0.2, 0) is 22.3 Å². The predicted molar refractivity (Wildman–Crippen MR) is 140 cm³/mol. The third-order valence-corrected chi connectivity index (χ3v) is 7.31. The molecule has 5 nitrogen and oxygen atoms in total. The summed E-state index contributed by atoms with van der Waals surface area (Å²) in [6.07, 6.45) is 2.99. The van der Waals surface area contributed by atoms with Crippen molar-refractivity contribution in [3.8, 4) is 11.1 Å². The van der Waals surface area contributed by atoms with Gasteiger partial charge in [0.05, 0.1) is 16.4 Å². The maximum absolute atomic E-state index is 15.2. The Bertz CT molecular complexity index is 1240. The number of carbonyl (C=O) groups is 1. The van der Waals surface area contributed by atoms with E-state index in [0.717, 1.165) is 21.6 Å². The zero-order valence-electron chi connectivity index (χ0n) is 18.7. The summed E-state index contributed by atoms with van der Waals surface area (Å²) in [4.78, 5) is 15.3. The molecule has 0 bridgehead atoms. The molecule has 1 aromatic carbocycles. The summed E-state index contributed by atoms with van der Waals surface area (Å²) in [6, 6.07) is 9.67. The van der Waals surface area contributed by atoms with Crippen LogP contribution in [0.2, 0.25) is 4.34 Å². The largest absolute Gasteiger partial charge is 0.386 e. The Kier molecular flexibility index (Phi) is 6.38. The first kappa shape index (κ1) is 24.2. The molecular weight excluding hydrogens is 477 g/mol. The van der Waals surface area contributed by atoms with E-state index in [1.54, 1.807) is 26.8 Å². The van der Waals surface area contributed by atoms with Crippen molar-refractivity contribution in [1.29, 1.82) is 0 Å². The molecule has 2 unspecified atom stereocenters. The summed E-state index contributed by atoms with van der Waals surface area (Å²) in [5.74, 6) is -0.309. The minimum Gasteiger partial charge on any atom is -0.386 e. The molecule has 1 aliphatic rings. The summed E-state index contributed by atoms with van der Waals surface area (Å²) < 4.78 is 17.3. The zero-order valence-corrected chi connectivity index (χ0v) is 21.4. The standard InChI is InChI=1S/C22H24B2ClFN3O2PS/c1-3-19(30)28-9-15(14-8-18(25)33-17(14)11-28)12-6-4-5-7-13(12)16-10-29(22(23,24)31)27-20(16)21(2,26)32/h3-8,10,15,31H,1,9,11,23-24,32H2,2H3/t15-,21?/m0/s1. The van der Waals surface area contributed by atoms with Crippen LogP contribution in [0.4, 0.5) is 4.39 Å². The second-order valence-corrected chi connectivity index (χ2v) is 11.8. The maximum atomic E-state index is 15.2. The van der Waals surface area contributed by atoms with Crippen molar-refractivity contribution in [3.05, 3.63) is 75.2 Å². The lowest BCUT2D eigenvalue weighted by Crippen LogP contribution is -2.37. The average Bonchev–Trinajstić information content (AvgIpc) is 3.35. The lowest BCUT2D eigenvalue weighted by molar-refractivity contribution is -0.127. The van der Waals surface area contributed by atoms with Crippen LogP contribution in [0.25, 0.3) is 11.1 Å². The van der Waals surface area contributed by atoms with Crippen LogP contribution in [0.15, 0.2) is 49.2 Å². The number of alkyl halides is 1. The quantitative estimate of drug-likeness (QED) is 0.332. The zero-order chi connectivity index (χ0) is 24.1. The van der Waals surface area contributed by atoms with Crippen LogP contribution in [0.1, 0.15) is 34.5 Å². The van der Waals surface area contributed by atoms with Gasteiger partial charge >= 0.3 is 0 Å². The predicted octanol–water partition coefficient (Wildman–Crippen LogP) is 2.77. The molecule has 0 saturated carbocycles. The van der Waals surface area contributed by atoms with Gasteiger partial charge in [0.1, 0.15) is 5.69 Å². The minimum atomic E-state index is -1.81. The van der Waals surface area contributed by atoms with E-state index in [1.807, 2.05) is 30.3 Å². The topological polar surface area (TPSA) is 58.4 Å². The van der Waals surface area contributed by atoms with Crippen molar-refractivity contribution in [2.24, 2.45) is 0 Å². The highest BCUT2D eigenvalue weighted by Gasteiger charge is 2.35. The number of halogens is 2. The fourth-order valence-corrected chi connectivity index (χ4v) is 5.78. The molecule has 3 atom stereocenters.